The van der Waals surface area contributed by atoms with Crippen LogP contribution in [-0.4, -0.2) is 54.3 Å². The number of nitrogens with zero attached hydrogens (tertiary/aromatic N) is 1. The highest BCUT2D eigenvalue weighted by molar-refractivity contribution is 7.89. The number of ether oxygens (including phenoxy) is 2. The molecule has 26 heavy (non-hydrogen) atoms. The zero-order chi connectivity index (χ0) is 19.2. The summed E-state index contributed by atoms with van der Waals surface area (Å²) in [6.45, 7) is 3.04. The molecule has 1 heterocycles. The maximum atomic E-state index is 12.7. The van der Waals surface area contributed by atoms with Crippen molar-refractivity contribution in [3.8, 4) is 5.75 Å². The monoisotopic (exact) mass is 398 g/mol. The lowest BCUT2D eigenvalue weighted by Crippen LogP contribution is -2.34. The molecule has 0 spiro atoms. The third-order valence-electron chi connectivity index (χ3n) is 3.96. The summed E-state index contributed by atoms with van der Waals surface area (Å²) in [5.41, 5.74) is 0.770. The maximum absolute atomic E-state index is 12.7. The second kappa shape index (κ2) is 9.48. The van der Waals surface area contributed by atoms with E-state index in [2.05, 4.69) is 4.72 Å². The Kier molecular flexibility index (Phi) is 7.60. The van der Waals surface area contributed by atoms with Crippen LogP contribution >= 0.6 is 11.3 Å². The van der Waals surface area contributed by atoms with E-state index >= 15 is 0 Å². The molecular weight excluding hydrogens is 372 g/mol. The highest BCUT2D eigenvalue weighted by atomic mass is 32.2. The predicted molar refractivity (Wildman–Crippen MR) is 104 cm³/mol. The van der Waals surface area contributed by atoms with Gasteiger partial charge >= 0.3 is 0 Å². The third-order valence-corrected chi connectivity index (χ3v) is 6.36. The molecule has 8 heteroatoms. The molecule has 2 rings (SSSR count). The Bertz CT molecular complexity index is 790. The van der Waals surface area contributed by atoms with Crippen LogP contribution in [0, 0.1) is 6.92 Å². The van der Waals surface area contributed by atoms with Crippen molar-refractivity contribution in [2.75, 3.05) is 41.0 Å². The molecule has 0 bridgehead atoms. The summed E-state index contributed by atoms with van der Waals surface area (Å²) >= 11 is 1.62. The third kappa shape index (κ3) is 5.52. The first kappa shape index (κ1) is 20.9. The normalized spacial score (nSPS) is 13.1. The highest BCUT2D eigenvalue weighted by Gasteiger charge is 2.21. The molecule has 0 saturated heterocycles. The second-order valence-electron chi connectivity index (χ2n) is 6.12. The van der Waals surface area contributed by atoms with E-state index in [1.807, 2.05) is 43.4 Å². The van der Waals surface area contributed by atoms with Gasteiger partial charge in [-0.2, -0.15) is 0 Å². The average Bonchev–Trinajstić information content (AvgIpc) is 3.10. The Morgan fingerprint density at radius 2 is 2.00 bits per heavy atom. The van der Waals surface area contributed by atoms with Gasteiger partial charge in [0.1, 0.15) is 12.4 Å². The van der Waals surface area contributed by atoms with Crippen LogP contribution in [0.4, 0.5) is 0 Å². The number of sulfonamides is 1. The van der Waals surface area contributed by atoms with Gasteiger partial charge in [0.25, 0.3) is 0 Å². The van der Waals surface area contributed by atoms with Gasteiger partial charge in [-0.3, -0.25) is 0 Å². The van der Waals surface area contributed by atoms with E-state index in [0.717, 1.165) is 10.4 Å². The Hall–Kier alpha value is -1.45. The van der Waals surface area contributed by atoms with Crippen LogP contribution in [0.25, 0.3) is 0 Å². The van der Waals surface area contributed by atoms with Gasteiger partial charge in [-0.25, -0.2) is 13.1 Å². The number of aryl methyl sites for hydroxylation is 1. The number of hydrogen-bond donors (Lipinski definition) is 1. The fraction of sp³-hybridized carbons (Fsp3) is 0.444. The van der Waals surface area contributed by atoms with Crippen molar-refractivity contribution in [1.82, 2.24) is 9.62 Å². The number of benzene rings is 1. The first-order valence-electron chi connectivity index (χ1n) is 8.27. The van der Waals surface area contributed by atoms with Crippen molar-refractivity contribution in [1.29, 1.82) is 0 Å². The predicted octanol–water partition coefficient (Wildman–Crippen LogP) is 2.66. The molecule has 1 aromatic carbocycles. The fourth-order valence-corrected chi connectivity index (χ4v) is 4.52. The molecule has 144 valence electrons. The lowest BCUT2D eigenvalue weighted by Gasteiger charge is -2.23. The highest BCUT2D eigenvalue weighted by Crippen LogP contribution is 2.24. The summed E-state index contributed by atoms with van der Waals surface area (Å²) in [5.74, 6) is 0.658. The number of methoxy groups -OCH3 is 1. The summed E-state index contributed by atoms with van der Waals surface area (Å²) in [7, 11) is 1.89. The van der Waals surface area contributed by atoms with Crippen LogP contribution in [0.2, 0.25) is 0 Å². The smallest absolute Gasteiger partial charge is 0.240 e. The number of nitrogens with one attached hydrogen (secondary N) is 1. The van der Waals surface area contributed by atoms with E-state index in [1.165, 1.54) is 0 Å². The van der Waals surface area contributed by atoms with E-state index in [9.17, 15) is 8.42 Å². The van der Waals surface area contributed by atoms with Gasteiger partial charge in [0, 0.05) is 18.5 Å². The van der Waals surface area contributed by atoms with Crippen molar-refractivity contribution in [2.45, 2.75) is 17.9 Å². The lowest BCUT2D eigenvalue weighted by molar-refractivity contribution is 0.146. The van der Waals surface area contributed by atoms with Crippen molar-refractivity contribution in [3.63, 3.8) is 0 Å². The molecule has 1 aromatic heterocycles. The van der Waals surface area contributed by atoms with E-state index in [0.29, 0.717) is 25.5 Å². The molecule has 1 unspecified atom stereocenters. The van der Waals surface area contributed by atoms with Crippen LogP contribution in [0.5, 0.6) is 5.75 Å². The van der Waals surface area contributed by atoms with E-state index in [-0.39, 0.29) is 10.9 Å². The molecule has 0 saturated carbocycles. The minimum absolute atomic E-state index is 0.0116. The molecule has 1 atom stereocenters. The zero-order valence-electron chi connectivity index (χ0n) is 15.6. The number of likely N-dealkylation sites (N-methyl/N-ethyl adjacent to an activating group) is 1. The van der Waals surface area contributed by atoms with Crippen LogP contribution in [0.15, 0.2) is 40.6 Å². The fourth-order valence-electron chi connectivity index (χ4n) is 2.48. The summed E-state index contributed by atoms with van der Waals surface area (Å²) in [5, 5.41) is 1.99. The minimum Gasteiger partial charge on any atom is -0.491 e. The summed E-state index contributed by atoms with van der Waals surface area (Å²) in [6.07, 6.45) is 0. The molecule has 0 aliphatic heterocycles. The summed E-state index contributed by atoms with van der Waals surface area (Å²) in [6, 6.07) is 8.84. The molecule has 0 fully saturated rings. The molecule has 1 N–H and O–H groups in total. The van der Waals surface area contributed by atoms with Gasteiger partial charge in [0.05, 0.1) is 17.5 Å². The Balaban J connectivity index is 2.08. The topological polar surface area (TPSA) is 67.9 Å². The van der Waals surface area contributed by atoms with E-state index < -0.39 is 10.0 Å². The minimum atomic E-state index is -3.60. The largest absolute Gasteiger partial charge is 0.491 e. The van der Waals surface area contributed by atoms with Gasteiger partial charge in [-0.1, -0.05) is 6.07 Å². The number of hydrogen-bond acceptors (Lipinski definition) is 6. The molecule has 0 aliphatic carbocycles. The van der Waals surface area contributed by atoms with Crippen molar-refractivity contribution < 1.29 is 17.9 Å². The average molecular weight is 399 g/mol. The van der Waals surface area contributed by atoms with E-state index in [1.54, 1.807) is 36.6 Å². The lowest BCUT2D eigenvalue weighted by atomic mass is 10.2. The number of rotatable bonds is 10. The Morgan fingerprint density at radius 1 is 1.23 bits per heavy atom. The molecular formula is C18H26N2O4S2. The van der Waals surface area contributed by atoms with Gasteiger partial charge < -0.3 is 14.4 Å². The molecule has 6 nitrogen and oxygen atoms in total. The van der Waals surface area contributed by atoms with Crippen LogP contribution in [0.3, 0.4) is 0 Å². The Morgan fingerprint density at radius 3 is 2.58 bits per heavy atom. The van der Waals surface area contributed by atoms with Gasteiger partial charge in [-0.15, -0.1) is 11.3 Å². The van der Waals surface area contributed by atoms with Crippen LogP contribution < -0.4 is 9.46 Å². The van der Waals surface area contributed by atoms with Crippen molar-refractivity contribution in [2.24, 2.45) is 0 Å². The van der Waals surface area contributed by atoms with Gasteiger partial charge in [0.15, 0.2) is 0 Å². The second-order valence-corrected chi connectivity index (χ2v) is 8.86. The van der Waals surface area contributed by atoms with Crippen LogP contribution in [0.1, 0.15) is 16.5 Å². The molecule has 0 aliphatic rings. The van der Waals surface area contributed by atoms with Crippen LogP contribution in [-0.2, 0) is 14.8 Å². The van der Waals surface area contributed by atoms with Crippen molar-refractivity contribution >= 4 is 21.4 Å². The van der Waals surface area contributed by atoms with Crippen molar-refractivity contribution in [3.05, 3.63) is 46.2 Å². The molecule has 2 aromatic rings. The SMILES string of the molecule is COCCOc1ccc(S(=O)(=O)NCC(c2cccs2)N(C)C)cc1C. The van der Waals surface area contributed by atoms with E-state index in [4.69, 9.17) is 9.47 Å². The molecule has 0 radical (unpaired) electrons. The Labute approximate surface area is 159 Å². The first-order valence-corrected chi connectivity index (χ1v) is 10.6. The zero-order valence-corrected chi connectivity index (χ0v) is 17.2. The molecule has 0 amide bonds. The summed E-state index contributed by atoms with van der Waals surface area (Å²) in [4.78, 5) is 3.36. The number of thiophene rings is 1. The summed E-state index contributed by atoms with van der Waals surface area (Å²) < 4.78 is 38.6. The van der Waals surface area contributed by atoms with Gasteiger partial charge in [-0.05, 0) is 56.2 Å². The van der Waals surface area contributed by atoms with Gasteiger partial charge in [0.2, 0.25) is 10.0 Å². The standard InChI is InChI=1S/C18H26N2O4S2/c1-14-12-15(7-8-17(14)24-10-9-23-4)26(21,22)19-13-16(20(2)3)18-6-5-11-25-18/h5-8,11-12,16,19H,9-10,13H2,1-4H3. The maximum Gasteiger partial charge on any atom is 0.240 e. The quantitative estimate of drug-likeness (QED) is 0.623. The first-order chi connectivity index (χ1) is 12.3.